The monoisotopic (exact) mass is 262 g/mol. The predicted molar refractivity (Wildman–Crippen MR) is 51.4 cm³/mol. The van der Waals surface area contributed by atoms with Crippen LogP contribution in [0, 0.1) is 12.7 Å². The van der Waals surface area contributed by atoms with Crippen LogP contribution in [0.4, 0.5) is 4.39 Å². The fourth-order valence-electron chi connectivity index (χ4n) is 1.18. The lowest BCUT2D eigenvalue weighted by atomic mass is 10.0. The van der Waals surface area contributed by atoms with Gasteiger partial charge in [0.05, 0.1) is 0 Å². The molecule has 2 N–H and O–H groups in total. The van der Waals surface area contributed by atoms with Gasteiger partial charge in [0.1, 0.15) is 5.82 Å². The largest absolute Gasteiger partial charge is 0.479 e. The molecular formula is C9H8BrFO3. The van der Waals surface area contributed by atoms with Crippen molar-refractivity contribution in [1.82, 2.24) is 0 Å². The van der Waals surface area contributed by atoms with Crippen LogP contribution in [-0.2, 0) is 4.79 Å². The first kappa shape index (κ1) is 11.1. The lowest BCUT2D eigenvalue weighted by Gasteiger charge is -2.10. The Morgan fingerprint density at radius 1 is 1.57 bits per heavy atom. The molecule has 0 bridgehead atoms. The number of aliphatic hydroxyl groups is 1. The van der Waals surface area contributed by atoms with Crippen molar-refractivity contribution in [2.45, 2.75) is 13.0 Å². The molecule has 0 saturated carbocycles. The maximum atomic E-state index is 13.3. The Bertz CT molecular complexity index is 355. The van der Waals surface area contributed by atoms with E-state index in [0.717, 1.165) is 6.07 Å². The predicted octanol–water partition coefficient (Wildman–Crippen LogP) is 2.01. The van der Waals surface area contributed by atoms with Crippen LogP contribution in [-0.4, -0.2) is 16.2 Å². The van der Waals surface area contributed by atoms with Gasteiger partial charge in [-0.05, 0) is 24.6 Å². The number of benzene rings is 1. The van der Waals surface area contributed by atoms with Crippen LogP contribution in [0.5, 0.6) is 0 Å². The van der Waals surface area contributed by atoms with Gasteiger partial charge in [0.15, 0.2) is 6.10 Å². The molecule has 1 atom stereocenters. The highest BCUT2D eigenvalue weighted by Gasteiger charge is 2.22. The van der Waals surface area contributed by atoms with E-state index < -0.39 is 17.9 Å². The van der Waals surface area contributed by atoms with E-state index in [0.29, 0.717) is 10.0 Å². The van der Waals surface area contributed by atoms with Crippen LogP contribution >= 0.6 is 15.9 Å². The van der Waals surface area contributed by atoms with Crippen LogP contribution in [0.3, 0.4) is 0 Å². The Balaban J connectivity index is 3.27. The van der Waals surface area contributed by atoms with Crippen molar-refractivity contribution >= 4 is 21.9 Å². The van der Waals surface area contributed by atoms with Gasteiger partial charge in [-0.3, -0.25) is 0 Å². The number of halogens is 2. The molecule has 0 amide bonds. The van der Waals surface area contributed by atoms with Gasteiger partial charge < -0.3 is 10.2 Å². The molecule has 3 nitrogen and oxygen atoms in total. The summed E-state index contributed by atoms with van der Waals surface area (Å²) >= 11 is 3.06. The summed E-state index contributed by atoms with van der Waals surface area (Å²) in [5.41, 5.74) is 0.201. The van der Waals surface area contributed by atoms with Gasteiger partial charge in [0.25, 0.3) is 0 Å². The average Bonchev–Trinajstić information content (AvgIpc) is 2.01. The van der Waals surface area contributed by atoms with Crippen molar-refractivity contribution < 1.29 is 19.4 Å². The number of carboxylic acids is 1. The van der Waals surface area contributed by atoms with Crippen molar-refractivity contribution in [3.63, 3.8) is 0 Å². The van der Waals surface area contributed by atoms with Gasteiger partial charge in [-0.1, -0.05) is 15.9 Å². The zero-order valence-electron chi connectivity index (χ0n) is 7.29. The van der Waals surface area contributed by atoms with Crippen LogP contribution in [0.15, 0.2) is 16.6 Å². The molecule has 1 unspecified atom stereocenters. The summed E-state index contributed by atoms with van der Waals surface area (Å²) in [5.74, 6) is -2.19. The first-order valence-electron chi connectivity index (χ1n) is 3.80. The second-order valence-corrected chi connectivity index (χ2v) is 3.77. The van der Waals surface area contributed by atoms with Crippen molar-refractivity contribution in [1.29, 1.82) is 0 Å². The summed E-state index contributed by atoms with van der Waals surface area (Å²) in [5, 5.41) is 17.7. The Morgan fingerprint density at radius 3 is 2.57 bits per heavy atom. The van der Waals surface area contributed by atoms with Gasteiger partial charge in [0.2, 0.25) is 0 Å². The average molecular weight is 263 g/mol. The number of aryl methyl sites for hydroxylation is 1. The third kappa shape index (κ3) is 2.10. The molecule has 76 valence electrons. The van der Waals surface area contributed by atoms with Crippen LogP contribution in [0.25, 0.3) is 0 Å². The van der Waals surface area contributed by atoms with Gasteiger partial charge in [-0.15, -0.1) is 0 Å². The molecule has 0 radical (unpaired) electrons. The van der Waals surface area contributed by atoms with E-state index in [1.54, 1.807) is 6.07 Å². The molecule has 1 aromatic carbocycles. The number of rotatable bonds is 2. The highest BCUT2D eigenvalue weighted by atomic mass is 79.9. The molecule has 0 aliphatic rings. The van der Waals surface area contributed by atoms with Gasteiger partial charge in [-0.25, -0.2) is 9.18 Å². The molecule has 0 aromatic heterocycles. The number of carbonyl (C=O) groups is 1. The van der Waals surface area contributed by atoms with Crippen LogP contribution in [0.2, 0.25) is 0 Å². The third-order valence-corrected chi connectivity index (χ3v) is 2.27. The second kappa shape index (κ2) is 4.06. The minimum atomic E-state index is -1.82. The van der Waals surface area contributed by atoms with E-state index in [2.05, 4.69) is 15.9 Å². The first-order chi connectivity index (χ1) is 6.43. The topological polar surface area (TPSA) is 57.5 Å². The molecular weight excluding hydrogens is 255 g/mol. The summed E-state index contributed by atoms with van der Waals surface area (Å²) in [7, 11) is 0. The van der Waals surface area contributed by atoms with Gasteiger partial charge in [0, 0.05) is 10.0 Å². The van der Waals surface area contributed by atoms with Crippen LogP contribution < -0.4 is 0 Å². The summed E-state index contributed by atoms with van der Waals surface area (Å²) in [4.78, 5) is 10.5. The van der Waals surface area contributed by atoms with E-state index in [4.69, 9.17) is 5.11 Å². The molecule has 0 heterocycles. The second-order valence-electron chi connectivity index (χ2n) is 2.86. The van der Waals surface area contributed by atoms with E-state index in [-0.39, 0.29) is 5.56 Å². The number of carboxylic acid groups (broad SMARTS) is 1. The maximum absolute atomic E-state index is 13.3. The molecule has 1 aromatic rings. The normalized spacial score (nSPS) is 12.6. The fourth-order valence-corrected chi connectivity index (χ4v) is 1.73. The zero-order chi connectivity index (χ0) is 10.9. The van der Waals surface area contributed by atoms with E-state index >= 15 is 0 Å². The fraction of sp³-hybridized carbons (Fsp3) is 0.222. The van der Waals surface area contributed by atoms with Gasteiger partial charge in [-0.2, -0.15) is 0 Å². The lowest BCUT2D eigenvalue weighted by Crippen LogP contribution is -2.13. The molecule has 0 aliphatic heterocycles. The summed E-state index contributed by atoms with van der Waals surface area (Å²) < 4.78 is 13.8. The third-order valence-electron chi connectivity index (χ3n) is 1.81. The minimum absolute atomic E-state index is 0.194. The van der Waals surface area contributed by atoms with E-state index in [1.807, 2.05) is 0 Å². The number of aliphatic hydroxyl groups excluding tert-OH is 1. The van der Waals surface area contributed by atoms with E-state index in [9.17, 15) is 14.3 Å². The quantitative estimate of drug-likeness (QED) is 0.858. The number of aliphatic carboxylic acids is 1. The van der Waals surface area contributed by atoms with Crippen molar-refractivity contribution in [2.24, 2.45) is 0 Å². The molecule has 1 rings (SSSR count). The Labute approximate surface area is 88.3 Å². The first-order valence-corrected chi connectivity index (χ1v) is 4.59. The molecule has 0 spiro atoms. The lowest BCUT2D eigenvalue weighted by molar-refractivity contribution is -0.147. The maximum Gasteiger partial charge on any atom is 0.337 e. The number of hydrogen-bond acceptors (Lipinski definition) is 2. The minimum Gasteiger partial charge on any atom is -0.479 e. The molecule has 0 fully saturated rings. The molecule has 14 heavy (non-hydrogen) atoms. The highest BCUT2D eigenvalue weighted by molar-refractivity contribution is 9.10. The Hall–Kier alpha value is -0.940. The Kier molecular flexibility index (Phi) is 3.23. The highest BCUT2D eigenvalue weighted by Crippen LogP contribution is 2.25. The summed E-state index contributed by atoms with van der Waals surface area (Å²) in [6.45, 7) is 1.54. The smallest absolute Gasteiger partial charge is 0.337 e. The van der Waals surface area contributed by atoms with E-state index in [1.165, 1.54) is 6.92 Å². The summed E-state index contributed by atoms with van der Waals surface area (Å²) in [6, 6.07) is 2.67. The van der Waals surface area contributed by atoms with Crippen molar-refractivity contribution in [2.75, 3.05) is 0 Å². The molecule has 5 heteroatoms. The van der Waals surface area contributed by atoms with Gasteiger partial charge >= 0.3 is 5.97 Å². The standard InChI is InChI=1S/C9H8BrFO3/c1-4-2-5(10)3-6(11)7(4)8(12)9(13)14/h2-3,8,12H,1H3,(H,13,14). The molecule has 0 saturated heterocycles. The SMILES string of the molecule is Cc1cc(Br)cc(F)c1C(O)C(=O)O. The summed E-state index contributed by atoms with van der Waals surface area (Å²) in [6.07, 6.45) is -1.82. The van der Waals surface area contributed by atoms with Crippen molar-refractivity contribution in [3.8, 4) is 0 Å². The zero-order valence-corrected chi connectivity index (χ0v) is 8.88. The van der Waals surface area contributed by atoms with Crippen LogP contribution in [0.1, 0.15) is 17.2 Å². The molecule has 0 aliphatic carbocycles. The Morgan fingerprint density at radius 2 is 2.14 bits per heavy atom. The van der Waals surface area contributed by atoms with Crippen molar-refractivity contribution in [3.05, 3.63) is 33.5 Å². The number of hydrogen-bond donors (Lipinski definition) is 2.